The van der Waals surface area contributed by atoms with E-state index in [9.17, 15) is 0 Å². The Kier molecular flexibility index (Phi) is 9.95. The molecule has 0 fully saturated rings. The van der Waals surface area contributed by atoms with Gasteiger partial charge in [-0.05, 0) is 47.5 Å². The highest BCUT2D eigenvalue weighted by molar-refractivity contribution is 5.98. The van der Waals surface area contributed by atoms with Crippen LogP contribution in [0.4, 0.5) is 0 Å². The molecular weight excluding hydrogens is 264 g/mol. The summed E-state index contributed by atoms with van der Waals surface area (Å²) in [5.74, 6) is 0. The number of aryl methyl sites for hydroxylation is 2. The molecule has 22 heavy (non-hydrogen) atoms. The van der Waals surface area contributed by atoms with Crippen molar-refractivity contribution in [3.8, 4) is 0 Å². The van der Waals surface area contributed by atoms with Crippen LogP contribution in [0.5, 0.6) is 0 Å². The van der Waals surface area contributed by atoms with Gasteiger partial charge < -0.3 is 0 Å². The van der Waals surface area contributed by atoms with Crippen LogP contribution in [0.1, 0.15) is 52.7 Å². The van der Waals surface area contributed by atoms with Crippen LogP contribution in [-0.4, -0.2) is 0 Å². The monoisotopic (exact) mass is 296 g/mol. The Morgan fingerprint density at radius 1 is 0.409 bits per heavy atom. The van der Waals surface area contributed by atoms with Gasteiger partial charge in [-0.3, -0.25) is 0 Å². The minimum atomic E-state index is 1.32. The van der Waals surface area contributed by atoms with Crippen LogP contribution in [0.2, 0.25) is 0 Å². The lowest BCUT2D eigenvalue weighted by molar-refractivity contribution is 1.50. The highest BCUT2D eigenvalue weighted by Gasteiger charge is 1.98. The average molecular weight is 296 g/mol. The predicted octanol–water partition coefficient (Wildman–Crippen LogP) is 7.69. The molecule has 0 atom stereocenters. The van der Waals surface area contributed by atoms with Crippen molar-refractivity contribution in [1.29, 1.82) is 0 Å². The van der Waals surface area contributed by atoms with E-state index in [0.717, 1.165) is 0 Å². The van der Waals surface area contributed by atoms with Crippen LogP contribution in [-0.2, 0) is 0 Å². The Labute approximate surface area is 137 Å². The number of fused-ring (bicyclic) bond motifs is 2. The lowest BCUT2D eigenvalue weighted by atomic mass is 10.0. The molecule has 0 heterocycles. The van der Waals surface area contributed by atoms with E-state index in [0.29, 0.717) is 0 Å². The van der Waals surface area contributed by atoms with E-state index in [2.05, 4.69) is 62.4 Å². The molecule has 0 radical (unpaired) electrons. The molecule has 0 nitrogen and oxygen atoms in total. The van der Waals surface area contributed by atoms with Gasteiger partial charge in [0.15, 0.2) is 0 Å². The van der Waals surface area contributed by atoms with Crippen molar-refractivity contribution < 1.29 is 0 Å². The van der Waals surface area contributed by atoms with E-state index in [4.69, 9.17) is 0 Å². The van der Waals surface area contributed by atoms with E-state index in [1.165, 1.54) is 32.7 Å². The predicted molar refractivity (Wildman–Crippen MR) is 105 cm³/mol. The molecule has 0 spiro atoms. The SMILES string of the molecule is CC.CC.CC.Cc1ccc2cc3cc(C)ccc3cc2c1. The summed E-state index contributed by atoms with van der Waals surface area (Å²) in [5, 5.41) is 5.31. The summed E-state index contributed by atoms with van der Waals surface area (Å²) in [7, 11) is 0. The van der Waals surface area contributed by atoms with Crippen molar-refractivity contribution in [2.24, 2.45) is 0 Å². The summed E-state index contributed by atoms with van der Waals surface area (Å²) >= 11 is 0. The first kappa shape index (κ1) is 20.2. The normalized spacial score (nSPS) is 8.91. The van der Waals surface area contributed by atoms with Crippen LogP contribution in [0, 0.1) is 13.8 Å². The van der Waals surface area contributed by atoms with E-state index < -0.39 is 0 Å². The zero-order valence-electron chi connectivity index (χ0n) is 15.6. The molecule has 0 N–H and O–H groups in total. The maximum atomic E-state index is 2.27. The highest BCUT2D eigenvalue weighted by Crippen LogP contribution is 2.24. The largest absolute Gasteiger partial charge is 0.0683 e. The molecule has 0 aliphatic rings. The minimum Gasteiger partial charge on any atom is -0.0683 e. The Balaban J connectivity index is 0.000000661. The molecule has 0 saturated heterocycles. The maximum absolute atomic E-state index is 2.27. The molecule has 3 aromatic carbocycles. The fourth-order valence-electron chi connectivity index (χ4n) is 2.24. The molecule has 0 saturated carbocycles. The van der Waals surface area contributed by atoms with Gasteiger partial charge in [0.05, 0.1) is 0 Å². The van der Waals surface area contributed by atoms with Crippen LogP contribution < -0.4 is 0 Å². The van der Waals surface area contributed by atoms with Crippen LogP contribution in [0.15, 0.2) is 48.5 Å². The maximum Gasteiger partial charge on any atom is -0.0175 e. The van der Waals surface area contributed by atoms with Crippen molar-refractivity contribution in [2.75, 3.05) is 0 Å². The van der Waals surface area contributed by atoms with Gasteiger partial charge in [0.1, 0.15) is 0 Å². The molecule has 0 heteroatoms. The second-order valence-corrected chi connectivity index (χ2v) is 4.55. The lowest BCUT2D eigenvalue weighted by Gasteiger charge is -2.04. The summed E-state index contributed by atoms with van der Waals surface area (Å²) in [6.45, 7) is 16.3. The Morgan fingerprint density at radius 2 is 0.727 bits per heavy atom. The molecule has 3 rings (SSSR count). The minimum absolute atomic E-state index is 1.32. The van der Waals surface area contributed by atoms with Crippen molar-refractivity contribution in [2.45, 2.75) is 55.4 Å². The number of hydrogen-bond acceptors (Lipinski definition) is 0. The first-order valence-corrected chi connectivity index (χ1v) is 8.63. The third-order valence-electron chi connectivity index (χ3n) is 3.11. The van der Waals surface area contributed by atoms with Gasteiger partial charge in [0.25, 0.3) is 0 Å². The first-order valence-electron chi connectivity index (χ1n) is 8.63. The summed E-state index contributed by atoms with van der Waals surface area (Å²) in [5.41, 5.74) is 2.64. The van der Waals surface area contributed by atoms with Gasteiger partial charge in [-0.25, -0.2) is 0 Å². The van der Waals surface area contributed by atoms with E-state index in [-0.39, 0.29) is 0 Å². The smallest absolute Gasteiger partial charge is 0.0175 e. The topological polar surface area (TPSA) is 0 Å². The van der Waals surface area contributed by atoms with Gasteiger partial charge in [0.2, 0.25) is 0 Å². The molecule has 3 aromatic rings. The number of hydrogen-bond donors (Lipinski definition) is 0. The quantitative estimate of drug-likeness (QED) is 0.373. The van der Waals surface area contributed by atoms with Crippen LogP contribution in [0.25, 0.3) is 21.5 Å². The van der Waals surface area contributed by atoms with Gasteiger partial charge in [-0.15, -0.1) is 0 Å². The van der Waals surface area contributed by atoms with Crippen molar-refractivity contribution >= 4 is 21.5 Å². The fraction of sp³-hybridized carbons (Fsp3) is 0.364. The summed E-state index contributed by atoms with van der Waals surface area (Å²) < 4.78 is 0. The van der Waals surface area contributed by atoms with Gasteiger partial charge in [-0.1, -0.05) is 89.1 Å². The second kappa shape index (κ2) is 10.8. The Morgan fingerprint density at radius 3 is 1.05 bits per heavy atom. The molecule has 0 aromatic heterocycles. The van der Waals surface area contributed by atoms with Crippen LogP contribution in [0.3, 0.4) is 0 Å². The highest BCUT2D eigenvalue weighted by atomic mass is 14.0. The zero-order chi connectivity index (χ0) is 17.1. The summed E-state index contributed by atoms with van der Waals surface area (Å²) in [4.78, 5) is 0. The molecule has 120 valence electrons. The van der Waals surface area contributed by atoms with Crippen LogP contribution >= 0.6 is 0 Å². The third-order valence-corrected chi connectivity index (χ3v) is 3.11. The Bertz CT molecular complexity index is 616. The second-order valence-electron chi connectivity index (χ2n) is 4.55. The molecule has 0 aliphatic heterocycles. The van der Waals surface area contributed by atoms with E-state index in [1.807, 2.05) is 41.5 Å². The first-order chi connectivity index (χ1) is 10.7. The van der Waals surface area contributed by atoms with Crippen molar-refractivity contribution in [3.05, 3.63) is 59.7 Å². The Hall–Kier alpha value is -1.82. The average Bonchev–Trinajstić information content (AvgIpc) is 2.58. The van der Waals surface area contributed by atoms with E-state index >= 15 is 0 Å². The van der Waals surface area contributed by atoms with Gasteiger partial charge in [-0.2, -0.15) is 0 Å². The third kappa shape index (κ3) is 5.18. The van der Waals surface area contributed by atoms with Crippen molar-refractivity contribution in [3.63, 3.8) is 0 Å². The lowest BCUT2D eigenvalue weighted by Crippen LogP contribution is -1.79. The molecule has 0 amide bonds. The molecule has 0 unspecified atom stereocenters. The summed E-state index contributed by atoms with van der Waals surface area (Å²) in [6, 6.07) is 17.8. The molecular formula is C22H32. The zero-order valence-corrected chi connectivity index (χ0v) is 15.6. The van der Waals surface area contributed by atoms with Gasteiger partial charge >= 0.3 is 0 Å². The van der Waals surface area contributed by atoms with Gasteiger partial charge in [0, 0.05) is 0 Å². The fourth-order valence-corrected chi connectivity index (χ4v) is 2.24. The van der Waals surface area contributed by atoms with E-state index in [1.54, 1.807) is 0 Å². The molecule has 0 bridgehead atoms. The number of rotatable bonds is 0. The standard InChI is InChI=1S/C16H14.3C2H6/c1-11-3-5-13-10-16-8-12(2)4-6-14(16)9-15(13)7-11;3*1-2/h3-10H,1-2H3;3*1-2H3. The summed E-state index contributed by atoms with van der Waals surface area (Å²) in [6.07, 6.45) is 0. The molecule has 0 aliphatic carbocycles. The van der Waals surface area contributed by atoms with Crippen molar-refractivity contribution in [1.82, 2.24) is 0 Å². The number of benzene rings is 3.